The molecule has 2 rings (SSSR count). The molecule has 84 valence electrons. The van der Waals surface area contributed by atoms with Crippen molar-refractivity contribution in [2.45, 2.75) is 25.3 Å². The molecule has 1 aliphatic heterocycles. The topological polar surface area (TPSA) is 60.7 Å². The van der Waals surface area contributed by atoms with Crippen LogP contribution in [0.2, 0.25) is 0 Å². The minimum atomic E-state index is 0.460. The van der Waals surface area contributed by atoms with Crippen molar-refractivity contribution in [2.24, 2.45) is 0 Å². The predicted octanol–water partition coefficient (Wildman–Crippen LogP) is 1.51. The quantitative estimate of drug-likeness (QED) is 0.804. The van der Waals surface area contributed by atoms with Gasteiger partial charge < -0.3 is 10.6 Å². The van der Waals surface area contributed by atoms with Gasteiger partial charge in [0, 0.05) is 24.5 Å². The average Bonchev–Trinajstić information content (AvgIpc) is 2.38. The van der Waals surface area contributed by atoms with E-state index >= 15 is 0 Å². The van der Waals surface area contributed by atoms with Crippen molar-refractivity contribution in [1.82, 2.24) is 10.3 Å². The molecule has 1 fully saturated rings. The van der Waals surface area contributed by atoms with Gasteiger partial charge >= 0.3 is 0 Å². The van der Waals surface area contributed by atoms with E-state index in [-0.39, 0.29) is 0 Å². The summed E-state index contributed by atoms with van der Waals surface area (Å²) in [6.07, 6.45) is 5.47. The van der Waals surface area contributed by atoms with Gasteiger partial charge in [-0.3, -0.25) is 0 Å². The molecule has 1 aliphatic rings. The van der Waals surface area contributed by atoms with Gasteiger partial charge in [0.15, 0.2) is 0 Å². The molecule has 0 radical (unpaired) electrons. The molecule has 1 saturated heterocycles. The lowest BCUT2D eigenvalue weighted by molar-refractivity contribution is 0.414. The second-order valence-corrected chi connectivity index (χ2v) is 4.07. The first-order valence-electron chi connectivity index (χ1n) is 5.72. The van der Waals surface area contributed by atoms with Crippen molar-refractivity contribution in [3.8, 4) is 6.07 Å². The molecule has 0 saturated carbocycles. The monoisotopic (exact) mass is 216 g/mol. The molecular weight excluding hydrogens is 200 g/mol. The van der Waals surface area contributed by atoms with Gasteiger partial charge in [-0.2, -0.15) is 5.26 Å². The van der Waals surface area contributed by atoms with Crippen LogP contribution in [0.15, 0.2) is 18.3 Å². The second kappa shape index (κ2) is 5.47. The van der Waals surface area contributed by atoms with E-state index in [0.717, 1.165) is 18.8 Å². The summed E-state index contributed by atoms with van der Waals surface area (Å²) in [6, 6.07) is 6.26. The Kier molecular flexibility index (Phi) is 3.73. The average molecular weight is 216 g/mol. The Morgan fingerprint density at radius 2 is 2.50 bits per heavy atom. The Balaban J connectivity index is 1.86. The van der Waals surface area contributed by atoms with E-state index in [9.17, 15) is 0 Å². The van der Waals surface area contributed by atoms with Crippen molar-refractivity contribution in [1.29, 1.82) is 5.26 Å². The van der Waals surface area contributed by atoms with Crippen LogP contribution >= 0.6 is 0 Å². The predicted molar refractivity (Wildman–Crippen MR) is 63.1 cm³/mol. The number of pyridine rings is 1. The summed E-state index contributed by atoms with van der Waals surface area (Å²) in [5.74, 6) is 0. The Morgan fingerprint density at radius 3 is 3.25 bits per heavy atom. The highest BCUT2D eigenvalue weighted by Gasteiger charge is 2.11. The van der Waals surface area contributed by atoms with E-state index in [1.165, 1.54) is 19.3 Å². The molecular formula is C12H16N4. The molecule has 2 N–H and O–H groups in total. The highest BCUT2D eigenvalue weighted by molar-refractivity contribution is 5.45. The summed E-state index contributed by atoms with van der Waals surface area (Å²) in [6.45, 7) is 2.03. The van der Waals surface area contributed by atoms with E-state index in [2.05, 4.69) is 15.6 Å². The fourth-order valence-electron chi connectivity index (χ4n) is 1.94. The standard InChI is InChI=1S/C12H16N4/c13-8-12-7-10(4-6-15-12)16-9-11-3-1-2-5-14-11/h4,6-7,11,14H,1-3,5,9H2,(H,15,16). The van der Waals surface area contributed by atoms with E-state index in [0.29, 0.717) is 11.7 Å². The minimum Gasteiger partial charge on any atom is -0.383 e. The molecule has 1 aromatic rings. The third-order valence-corrected chi connectivity index (χ3v) is 2.84. The maximum Gasteiger partial charge on any atom is 0.142 e. The smallest absolute Gasteiger partial charge is 0.142 e. The Hall–Kier alpha value is -1.60. The van der Waals surface area contributed by atoms with Gasteiger partial charge in [-0.05, 0) is 31.5 Å². The molecule has 2 heterocycles. The zero-order valence-corrected chi connectivity index (χ0v) is 9.24. The number of hydrogen-bond donors (Lipinski definition) is 2. The second-order valence-electron chi connectivity index (χ2n) is 4.07. The maximum absolute atomic E-state index is 8.73. The zero-order chi connectivity index (χ0) is 11.2. The highest BCUT2D eigenvalue weighted by Crippen LogP contribution is 2.10. The lowest BCUT2D eigenvalue weighted by Crippen LogP contribution is -2.39. The maximum atomic E-state index is 8.73. The van der Waals surface area contributed by atoms with Crippen LogP contribution < -0.4 is 10.6 Å². The van der Waals surface area contributed by atoms with Crippen LogP contribution in [0.25, 0.3) is 0 Å². The van der Waals surface area contributed by atoms with Gasteiger partial charge in [0.05, 0.1) is 0 Å². The summed E-state index contributed by atoms with van der Waals surface area (Å²) in [5, 5.41) is 15.5. The lowest BCUT2D eigenvalue weighted by Gasteiger charge is -2.24. The molecule has 0 bridgehead atoms. The fourth-order valence-corrected chi connectivity index (χ4v) is 1.94. The van der Waals surface area contributed by atoms with Crippen LogP contribution in [-0.4, -0.2) is 24.1 Å². The third kappa shape index (κ3) is 2.94. The number of nitrogens with one attached hydrogen (secondary N) is 2. The first-order chi connectivity index (χ1) is 7.88. The zero-order valence-electron chi connectivity index (χ0n) is 9.24. The summed E-state index contributed by atoms with van der Waals surface area (Å²) < 4.78 is 0. The van der Waals surface area contributed by atoms with Crippen LogP contribution in [0.4, 0.5) is 5.69 Å². The van der Waals surface area contributed by atoms with Crippen molar-refractivity contribution in [2.75, 3.05) is 18.4 Å². The van der Waals surface area contributed by atoms with Crippen LogP contribution in [0.3, 0.4) is 0 Å². The summed E-state index contributed by atoms with van der Waals surface area (Å²) in [7, 11) is 0. The van der Waals surface area contributed by atoms with Gasteiger partial charge in [-0.25, -0.2) is 4.98 Å². The molecule has 1 unspecified atom stereocenters. The van der Waals surface area contributed by atoms with Crippen LogP contribution in [0, 0.1) is 11.3 Å². The Bertz CT molecular complexity index is 377. The number of nitrogens with zero attached hydrogens (tertiary/aromatic N) is 2. The van der Waals surface area contributed by atoms with Crippen molar-refractivity contribution in [3.05, 3.63) is 24.0 Å². The van der Waals surface area contributed by atoms with Crippen molar-refractivity contribution >= 4 is 5.69 Å². The van der Waals surface area contributed by atoms with E-state index < -0.39 is 0 Å². The summed E-state index contributed by atoms with van der Waals surface area (Å²) >= 11 is 0. The van der Waals surface area contributed by atoms with Crippen LogP contribution in [-0.2, 0) is 0 Å². The van der Waals surface area contributed by atoms with E-state index in [4.69, 9.17) is 5.26 Å². The Morgan fingerprint density at radius 1 is 1.56 bits per heavy atom. The first kappa shape index (κ1) is 10.9. The SMILES string of the molecule is N#Cc1cc(NCC2CCCCN2)ccn1. The molecule has 1 aromatic heterocycles. The van der Waals surface area contributed by atoms with Gasteiger partial charge in [-0.1, -0.05) is 6.42 Å². The van der Waals surface area contributed by atoms with E-state index in [1.54, 1.807) is 12.3 Å². The number of nitriles is 1. The molecule has 1 atom stereocenters. The number of rotatable bonds is 3. The van der Waals surface area contributed by atoms with Crippen molar-refractivity contribution in [3.63, 3.8) is 0 Å². The summed E-state index contributed by atoms with van der Waals surface area (Å²) in [4.78, 5) is 3.94. The molecule has 4 nitrogen and oxygen atoms in total. The number of anilines is 1. The fraction of sp³-hybridized carbons (Fsp3) is 0.500. The van der Waals surface area contributed by atoms with Crippen molar-refractivity contribution < 1.29 is 0 Å². The van der Waals surface area contributed by atoms with Gasteiger partial charge in [0.25, 0.3) is 0 Å². The molecule has 4 heteroatoms. The summed E-state index contributed by atoms with van der Waals surface area (Å²) in [5.41, 5.74) is 1.43. The van der Waals surface area contributed by atoms with E-state index in [1.807, 2.05) is 12.1 Å². The van der Waals surface area contributed by atoms with Crippen LogP contribution in [0.1, 0.15) is 25.0 Å². The molecule has 0 aromatic carbocycles. The highest BCUT2D eigenvalue weighted by atomic mass is 15.0. The first-order valence-corrected chi connectivity index (χ1v) is 5.72. The normalized spacial score (nSPS) is 20.1. The van der Waals surface area contributed by atoms with Gasteiger partial charge in [-0.15, -0.1) is 0 Å². The Labute approximate surface area is 95.7 Å². The van der Waals surface area contributed by atoms with Crippen LogP contribution in [0.5, 0.6) is 0 Å². The van der Waals surface area contributed by atoms with Gasteiger partial charge in [0.1, 0.15) is 11.8 Å². The number of piperidine rings is 1. The minimum absolute atomic E-state index is 0.460. The number of aromatic nitrogens is 1. The number of hydrogen-bond acceptors (Lipinski definition) is 4. The molecule has 16 heavy (non-hydrogen) atoms. The third-order valence-electron chi connectivity index (χ3n) is 2.84. The molecule has 0 aliphatic carbocycles. The largest absolute Gasteiger partial charge is 0.383 e. The van der Waals surface area contributed by atoms with Gasteiger partial charge in [0.2, 0.25) is 0 Å². The molecule has 0 amide bonds. The lowest BCUT2D eigenvalue weighted by atomic mass is 10.1. The molecule has 0 spiro atoms.